The van der Waals surface area contributed by atoms with Crippen LogP contribution in [0.2, 0.25) is 0 Å². The van der Waals surface area contributed by atoms with Crippen molar-refractivity contribution in [2.75, 3.05) is 6.54 Å². The molecule has 2 N–H and O–H groups in total. The molecule has 7 heteroatoms. The van der Waals surface area contributed by atoms with Crippen molar-refractivity contribution in [3.8, 4) is 6.07 Å². The van der Waals surface area contributed by atoms with Gasteiger partial charge in [0.25, 0.3) is 0 Å². The first-order valence-electron chi connectivity index (χ1n) is 4.04. The van der Waals surface area contributed by atoms with Gasteiger partial charge in [0.2, 0.25) is 5.91 Å². The Hall–Kier alpha value is -2.36. The molecule has 0 unspecified atom stereocenters. The first-order chi connectivity index (χ1) is 7.15. The Morgan fingerprint density at radius 1 is 1.67 bits per heavy atom. The van der Waals surface area contributed by atoms with Crippen molar-refractivity contribution >= 4 is 11.9 Å². The van der Waals surface area contributed by atoms with Crippen LogP contribution < -0.4 is 5.32 Å². The molecule has 7 nitrogen and oxygen atoms in total. The number of aromatic nitrogens is 2. The van der Waals surface area contributed by atoms with Crippen molar-refractivity contribution in [1.29, 1.82) is 5.26 Å². The van der Waals surface area contributed by atoms with E-state index in [0.717, 1.165) is 4.68 Å². The van der Waals surface area contributed by atoms with Crippen molar-refractivity contribution < 1.29 is 14.7 Å². The van der Waals surface area contributed by atoms with Crippen molar-refractivity contribution in [2.45, 2.75) is 6.54 Å². The van der Waals surface area contributed by atoms with E-state index in [0.29, 0.717) is 0 Å². The quantitative estimate of drug-likeness (QED) is 0.631. The van der Waals surface area contributed by atoms with E-state index in [1.807, 2.05) is 0 Å². The van der Waals surface area contributed by atoms with Crippen molar-refractivity contribution in [3.63, 3.8) is 0 Å². The van der Waals surface area contributed by atoms with Crippen LogP contribution in [-0.4, -0.2) is 33.3 Å². The van der Waals surface area contributed by atoms with Gasteiger partial charge < -0.3 is 10.4 Å². The second-order valence-electron chi connectivity index (χ2n) is 2.61. The summed E-state index contributed by atoms with van der Waals surface area (Å²) in [6.07, 6.45) is 1.29. The summed E-state index contributed by atoms with van der Waals surface area (Å²) in [5.41, 5.74) is -0.0675. The number of rotatable bonds is 4. The number of carbonyl (C=O) groups excluding carboxylic acids is 1. The van der Waals surface area contributed by atoms with E-state index in [-0.39, 0.29) is 18.8 Å². The second-order valence-corrected chi connectivity index (χ2v) is 2.61. The summed E-state index contributed by atoms with van der Waals surface area (Å²) >= 11 is 0. The zero-order chi connectivity index (χ0) is 11.3. The fourth-order valence-corrected chi connectivity index (χ4v) is 0.970. The molecule has 78 valence electrons. The average Bonchev–Trinajstić information content (AvgIpc) is 2.62. The minimum atomic E-state index is -1.15. The third-order valence-corrected chi connectivity index (χ3v) is 1.59. The van der Waals surface area contributed by atoms with Gasteiger partial charge in [-0.25, -0.2) is 9.48 Å². The standard InChI is InChI=1S/C8H8N4O3/c9-2-4-10-7(13)5-12-6(8(14)15)1-3-11-12/h1,3H,4-5H2,(H,10,13)(H,14,15). The third-order valence-electron chi connectivity index (χ3n) is 1.59. The number of carboxylic acid groups (broad SMARTS) is 1. The Kier molecular flexibility index (Phi) is 3.40. The van der Waals surface area contributed by atoms with Gasteiger partial charge in [0.1, 0.15) is 18.8 Å². The van der Waals surface area contributed by atoms with Gasteiger partial charge >= 0.3 is 5.97 Å². The third kappa shape index (κ3) is 2.80. The lowest BCUT2D eigenvalue weighted by Crippen LogP contribution is -2.29. The number of hydrogen-bond acceptors (Lipinski definition) is 4. The molecule has 15 heavy (non-hydrogen) atoms. The summed E-state index contributed by atoms with van der Waals surface area (Å²) < 4.78 is 1.05. The van der Waals surface area contributed by atoms with Crippen molar-refractivity contribution in [2.24, 2.45) is 0 Å². The molecule has 1 heterocycles. The fourth-order valence-electron chi connectivity index (χ4n) is 0.970. The lowest BCUT2D eigenvalue weighted by Gasteiger charge is -2.03. The van der Waals surface area contributed by atoms with E-state index in [4.69, 9.17) is 10.4 Å². The number of nitrogens with zero attached hydrogens (tertiary/aromatic N) is 3. The van der Waals surface area contributed by atoms with Crippen LogP contribution >= 0.6 is 0 Å². The number of amides is 1. The normalized spacial score (nSPS) is 9.27. The minimum Gasteiger partial charge on any atom is -0.477 e. The van der Waals surface area contributed by atoms with Gasteiger partial charge in [-0.15, -0.1) is 0 Å². The molecule has 0 aromatic carbocycles. The van der Waals surface area contributed by atoms with Crippen LogP contribution in [0, 0.1) is 11.3 Å². The fraction of sp³-hybridized carbons (Fsp3) is 0.250. The Balaban J connectivity index is 2.65. The number of nitriles is 1. The number of nitrogens with one attached hydrogen (secondary N) is 1. The predicted octanol–water partition coefficient (Wildman–Crippen LogP) is -0.779. The van der Waals surface area contributed by atoms with Gasteiger partial charge in [0.05, 0.1) is 6.07 Å². The van der Waals surface area contributed by atoms with E-state index >= 15 is 0 Å². The molecule has 0 fully saturated rings. The topological polar surface area (TPSA) is 108 Å². The maximum absolute atomic E-state index is 11.1. The van der Waals surface area contributed by atoms with Crippen LogP contribution in [0.4, 0.5) is 0 Å². The Morgan fingerprint density at radius 2 is 2.40 bits per heavy atom. The Labute approximate surface area is 84.9 Å². The highest BCUT2D eigenvalue weighted by molar-refractivity contribution is 5.86. The molecule has 0 atom stereocenters. The number of hydrogen-bond donors (Lipinski definition) is 2. The van der Waals surface area contributed by atoms with Crippen LogP contribution in [0.5, 0.6) is 0 Å². The molecule has 0 aliphatic heterocycles. The lowest BCUT2D eigenvalue weighted by atomic mass is 10.4. The van der Waals surface area contributed by atoms with Gasteiger partial charge in [0.15, 0.2) is 0 Å². The predicted molar refractivity (Wildman–Crippen MR) is 47.8 cm³/mol. The smallest absolute Gasteiger partial charge is 0.354 e. The minimum absolute atomic E-state index is 0.0675. The second kappa shape index (κ2) is 4.76. The van der Waals surface area contributed by atoms with Gasteiger partial charge in [-0.1, -0.05) is 0 Å². The molecule has 1 aromatic heterocycles. The zero-order valence-electron chi connectivity index (χ0n) is 7.67. The zero-order valence-corrected chi connectivity index (χ0v) is 7.67. The van der Waals surface area contributed by atoms with Gasteiger partial charge in [-0.05, 0) is 6.07 Å². The molecule has 0 saturated heterocycles. The van der Waals surface area contributed by atoms with E-state index in [9.17, 15) is 9.59 Å². The molecule has 0 bridgehead atoms. The van der Waals surface area contributed by atoms with Crippen LogP contribution in [0.3, 0.4) is 0 Å². The maximum Gasteiger partial charge on any atom is 0.354 e. The largest absolute Gasteiger partial charge is 0.477 e. The number of aromatic carboxylic acids is 1. The molecular weight excluding hydrogens is 200 g/mol. The molecule has 0 spiro atoms. The first kappa shape index (κ1) is 10.7. The summed E-state index contributed by atoms with van der Waals surface area (Å²) in [5.74, 6) is -1.61. The van der Waals surface area contributed by atoms with E-state index < -0.39 is 11.9 Å². The molecule has 0 radical (unpaired) electrons. The highest BCUT2D eigenvalue weighted by atomic mass is 16.4. The van der Waals surface area contributed by atoms with Crippen molar-refractivity contribution in [3.05, 3.63) is 18.0 Å². The highest BCUT2D eigenvalue weighted by Gasteiger charge is 2.12. The van der Waals surface area contributed by atoms with Gasteiger partial charge in [-0.2, -0.15) is 10.4 Å². The Bertz CT molecular complexity index is 418. The summed E-state index contributed by atoms with van der Waals surface area (Å²) in [4.78, 5) is 21.8. The van der Waals surface area contributed by atoms with Crippen LogP contribution in [0.25, 0.3) is 0 Å². The highest BCUT2D eigenvalue weighted by Crippen LogP contribution is 1.97. The summed E-state index contributed by atoms with van der Waals surface area (Å²) in [6.45, 7) is -0.321. The van der Waals surface area contributed by atoms with E-state index in [1.165, 1.54) is 12.3 Å². The van der Waals surface area contributed by atoms with Crippen LogP contribution in [-0.2, 0) is 11.3 Å². The number of carbonyl (C=O) groups is 2. The molecule has 0 aliphatic carbocycles. The monoisotopic (exact) mass is 208 g/mol. The molecular formula is C8H8N4O3. The molecule has 0 saturated carbocycles. The van der Waals surface area contributed by atoms with E-state index in [1.54, 1.807) is 6.07 Å². The maximum atomic E-state index is 11.1. The molecule has 1 aromatic rings. The average molecular weight is 208 g/mol. The van der Waals surface area contributed by atoms with Crippen LogP contribution in [0.1, 0.15) is 10.5 Å². The SMILES string of the molecule is N#CCNC(=O)Cn1nccc1C(=O)O. The van der Waals surface area contributed by atoms with Gasteiger partial charge in [0, 0.05) is 6.20 Å². The summed E-state index contributed by atoms with van der Waals surface area (Å²) in [6, 6.07) is 3.03. The summed E-state index contributed by atoms with van der Waals surface area (Å²) in [5, 5.41) is 22.9. The molecule has 0 aliphatic rings. The van der Waals surface area contributed by atoms with E-state index in [2.05, 4.69) is 10.4 Å². The first-order valence-corrected chi connectivity index (χ1v) is 4.04. The van der Waals surface area contributed by atoms with Crippen molar-refractivity contribution in [1.82, 2.24) is 15.1 Å². The summed E-state index contributed by atoms with van der Waals surface area (Å²) in [7, 11) is 0. The molecule has 1 amide bonds. The lowest BCUT2D eigenvalue weighted by molar-refractivity contribution is -0.121. The van der Waals surface area contributed by atoms with Crippen LogP contribution in [0.15, 0.2) is 12.3 Å². The van der Waals surface area contributed by atoms with Gasteiger partial charge in [-0.3, -0.25) is 4.79 Å². The molecule has 1 rings (SSSR count). The Morgan fingerprint density at radius 3 is 3.00 bits per heavy atom. The number of carboxylic acids is 1.